The Hall–Kier alpha value is 0.580. The van der Waals surface area contributed by atoms with Crippen LogP contribution in [0.3, 0.4) is 0 Å². The molecule has 2 heteroatoms. The molecular formula is C27H52SiZr. The van der Waals surface area contributed by atoms with E-state index >= 15 is 0 Å². The van der Waals surface area contributed by atoms with Crippen LogP contribution < -0.4 is 0 Å². The van der Waals surface area contributed by atoms with Gasteiger partial charge in [-0.1, -0.05) is 84.9 Å². The topological polar surface area (TPSA) is 0 Å². The molecule has 0 amide bonds. The van der Waals surface area contributed by atoms with Gasteiger partial charge in [0.15, 0.2) is 0 Å². The summed E-state index contributed by atoms with van der Waals surface area (Å²) in [5, 5.41) is 0. The van der Waals surface area contributed by atoms with Gasteiger partial charge in [0.2, 0.25) is 0 Å². The molecule has 0 aromatic rings. The van der Waals surface area contributed by atoms with Crippen LogP contribution in [-0.2, 0) is 26.2 Å². The van der Waals surface area contributed by atoms with E-state index in [9.17, 15) is 0 Å². The summed E-state index contributed by atoms with van der Waals surface area (Å²) in [5.74, 6) is 6.28. The van der Waals surface area contributed by atoms with E-state index in [2.05, 4.69) is 72.0 Å². The fourth-order valence-corrected chi connectivity index (χ4v) is 13.4. The van der Waals surface area contributed by atoms with Crippen molar-refractivity contribution in [3.63, 3.8) is 0 Å². The average molecular weight is 496 g/mol. The molecule has 2 saturated carbocycles. The zero-order valence-electron chi connectivity index (χ0n) is 21.6. The molecule has 0 spiro atoms. The second kappa shape index (κ2) is 13.2. The molecule has 0 saturated heterocycles. The maximum absolute atomic E-state index is 2.76. The van der Waals surface area contributed by atoms with Crippen LogP contribution in [0, 0.1) is 71.1 Å². The van der Waals surface area contributed by atoms with E-state index in [0.29, 0.717) is 0 Å². The first-order valence-electron chi connectivity index (χ1n) is 10.7. The Morgan fingerprint density at radius 2 is 1.21 bits per heavy atom. The number of fused-ring (bicyclic) bond motifs is 1. The summed E-state index contributed by atoms with van der Waals surface area (Å²) >= 11 is 0. The Balaban J connectivity index is -0.00000135. The molecule has 0 N–H and O–H groups in total. The first-order valence-corrected chi connectivity index (χ1v) is 13.8. The Morgan fingerprint density at radius 1 is 0.759 bits per heavy atom. The van der Waals surface area contributed by atoms with Crippen LogP contribution in [0.15, 0.2) is 24.3 Å². The van der Waals surface area contributed by atoms with Gasteiger partial charge >= 0.3 is 26.2 Å². The predicted molar refractivity (Wildman–Crippen MR) is 136 cm³/mol. The summed E-state index contributed by atoms with van der Waals surface area (Å²) in [4.78, 5) is 0. The van der Waals surface area contributed by atoms with E-state index in [-0.39, 0.29) is 55.9 Å². The third-order valence-corrected chi connectivity index (χ3v) is 14.2. The van der Waals surface area contributed by atoms with Crippen molar-refractivity contribution in [1.82, 2.24) is 0 Å². The normalized spacial score (nSPS) is 39.8. The molecule has 29 heavy (non-hydrogen) atoms. The summed E-state index contributed by atoms with van der Waals surface area (Å²) < 4.78 is 0. The van der Waals surface area contributed by atoms with Crippen molar-refractivity contribution in [2.75, 3.05) is 0 Å². The van der Waals surface area contributed by atoms with Crippen LogP contribution in [0.25, 0.3) is 0 Å². The van der Waals surface area contributed by atoms with Gasteiger partial charge in [0, 0.05) is 0 Å². The van der Waals surface area contributed by atoms with Gasteiger partial charge in [-0.05, 0) is 58.9 Å². The maximum atomic E-state index is 2.76. The van der Waals surface area contributed by atoms with Crippen LogP contribution in [0.1, 0.15) is 53.9 Å². The van der Waals surface area contributed by atoms with E-state index in [1.807, 2.05) is 0 Å². The molecule has 0 bridgehead atoms. The summed E-state index contributed by atoms with van der Waals surface area (Å²) in [6.07, 6.45) is 14.1. The van der Waals surface area contributed by atoms with Gasteiger partial charge in [-0.2, -0.15) is 0 Å². The van der Waals surface area contributed by atoms with E-state index in [1.165, 1.54) is 19.3 Å². The van der Waals surface area contributed by atoms with Crippen molar-refractivity contribution in [2.24, 2.45) is 41.4 Å². The zero-order valence-corrected chi connectivity index (χ0v) is 25.1. The van der Waals surface area contributed by atoms with Crippen molar-refractivity contribution in [3.8, 4) is 0 Å². The van der Waals surface area contributed by atoms with Crippen LogP contribution in [0.5, 0.6) is 0 Å². The Labute approximate surface area is 206 Å². The largest absolute Gasteiger partial charge is 4.00 e. The summed E-state index contributed by atoms with van der Waals surface area (Å²) in [7, 11) is -1.31. The van der Waals surface area contributed by atoms with Crippen molar-refractivity contribution < 1.29 is 26.2 Å². The van der Waals surface area contributed by atoms with Crippen molar-refractivity contribution in [3.05, 3.63) is 54.0 Å². The number of rotatable bonds is 4. The quantitative estimate of drug-likeness (QED) is 0.269. The Morgan fingerprint density at radius 3 is 1.66 bits per heavy atom. The first kappa shape index (κ1) is 34.2. The number of hydrogen-bond donors (Lipinski definition) is 0. The van der Waals surface area contributed by atoms with Crippen LogP contribution in [-0.4, -0.2) is 8.07 Å². The smallest absolute Gasteiger partial charge is 0.358 e. The summed E-state index contributed by atoms with van der Waals surface area (Å²) in [6, 6.07) is 0. The maximum Gasteiger partial charge on any atom is 4.00 e. The zero-order chi connectivity index (χ0) is 17.6. The predicted octanol–water partition coefficient (Wildman–Crippen LogP) is 8.97. The molecule has 8 unspecified atom stereocenters. The fraction of sp³-hybridized carbons (Fsp3) is 0.704. The minimum absolute atomic E-state index is 0. The molecule has 3 aliphatic rings. The van der Waals surface area contributed by atoms with Crippen LogP contribution in [0.4, 0.5) is 0 Å². The molecule has 2 fully saturated rings. The van der Waals surface area contributed by atoms with E-state index in [0.717, 1.165) is 52.5 Å². The molecule has 168 valence electrons. The molecule has 3 aliphatic carbocycles. The molecule has 0 aromatic heterocycles. The molecule has 8 atom stereocenters. The third kappa shape index (κ3) is 5.88. The first-order chi connectivity index (χ1) is 11.3. The van der Waals surface area contributed by atoms with Gasteiger partial charge < -0.3 is 29.7 Å². The van der Waals surface area contributed by atoms with Crippen LogP contribution in [0.2, 0.25) is 24.2 Å². The summed E-state index contributed by atoms with van der Waals surface area (Å²) in [6.45, 7) is 18.1. The minimum Gasteiger partial charge on any atom is -0.358 e. The van der Waals surface area contributed by atoms with Crippen LogP contribution >= 0.6 is 0 Å². The monoisotopic (exact) mass is 494 g/mol. The van der Waals surface area contributed by atoms with Gasteiger partial charge in [0.05, 0.1) is 8.07 Å². The molecule has 0 nitrogen and oxygen atoms in total. The van der Waals surface area contributed by atoms with Gasteiger partial charge in [0.1, 0.15) is 0 Å². The Kier molecular flexibility index (Phi) is 15.6. The standard InChI is InChI=1S/C23H40Si.4CH3.Zr/c1-8-11-19-14-22(21-13-10-9-12-20(19)21)24(6,7)23-17(4)15(2)16(3)18(23)5;;;;;/h9-10,12-13,15-23H,8,11,14H2,1-7H3;4*1H3;/q;4*-1;+4. The van der Waals surface area contributed by atoms with E-state index in [1.54, 1.807) is 0 Å². The van der Waals surface area contributed by atoms with E-state index < -0.39 is 8.07 Å². The minimum atomic E-state index is -1.31. The van der Waals surface area contributed by atoms with E-state index in [4.69, 9.17) is 0 Å². The second-order valence-electron chi connectivity index (χ2n) is 10.1. The van der Waals surface area contributed by atoms with Crippen molar-refractivity contribution in [1.29, 1.82) is 0 Å². The van der Waals surface area contributed by atoms with Gasteiger partial charge in [-0.15, -0.1) is 0 Å². The molecule has 0 heterocycles. The van der Waals surface area contributed by atoms with Crippen molar-refractivity contribution in [2.45, 2.75) is 78.1 Å². The van der Waals surface area contributed by atoms with Crippen molar-refractivity contribution >= 4 is 8.07 Å². The molecule has 0 aromatic carbocycles. The average Bonchev–Trinajstić information content (AvgIpc) is 3.01. The molecule has 0 aliphatic heterocycles. The molecule has 3 rings (SSSR count). The summed E-state index contributed by atoms with van der Waals surface area (Å²) in [5.41, 5.74) is 2.00. The number of allylic oxidation sites excluding steroid dienone is 4. The van der Waals surface area contributed by atoms with Gasteiger partial charge in [-0.25, -0.2) is 0 Å². The SMILES string of the molecule is CCCC1CC([Si](C)(C)C2C(C)C(C)C(C)C2C)C2C=CC=CC12.[CH3-].[CH3-].[CH3-].[CH3-].[Zr+4]. The fourth-order valence-electron chi connectivity index (χ4n) is 7.33. The second-order valence-corrected chi connectivity index (χ2v) is 15.2. The third-order valence-electron chi connectivity index (χ3n) is 8.88. The molecular weight excluding hydrogens is 444 g/mol. The molecule has 0 radical (unpaired) electrons. The number of hydrogen-bond acceptors (Lipinski definition) is 0. The van der Waals surface area contributed by atoms with Gasteiger partial charge in [-0.3, -0.25) is 0 Å². The van der Waals surface area contributed by atoms with Gasteiger partial charge in [0.25, 0.3) is 0 Å². The Bertz CT molecular complexity index is 495.